The molecule has 0 aliphatic heterocycles. The summed E-state index contributed by atoms with van der Waals surface area (Å²) in [7, 11) is 0. The van der Waals surface area contributed by atoms with Crippen LogP contribution in [0.25, 0.3) is 21.8 Å². The Bertz CT molecular complexity index is 1220. The van der Waals surface area contributed by atoms with E-state index >= 15 is 0 Å². The van der Waals surface area contributed by atoms with Crippen molar-refractivity contribution in [1.82, 2.24) is 14.8 Å². The number of fused-ring (bicyclic) bond motifs is 3. The average Bonchev–Trinajstić information content (AvgIpc) is 3.04. The summed E-state index contributed by atoms with van der Waals surface area (Å²) in [5.74, 6) is 0.406. The second kappa shape index (κ2) is 7.19. The van der Waals surface area contributed by atoms with Crippen molar-refractivity contribution < 1.29 is 9.53 Å². The molecule has 142 valence electrons. The molecule has 2 aromatic carbocycles. The van der Waals surface area contributed by atoms with Gasteiger partial charge in [-0.25, -0.2) is 4.68 Å². The predicted molar refractivity (Wildman–Crippen MR) is 109 cm³/mol. The number of benzene rings is 2. The Hall–Kier alpha value is -3.61. The lowest BCUT2D eigenvalue weighted by atomic mass is 10.1. The van der Waals surface area contributed by atoms with E-state index in [1.54, 1.807) is 30.5 Å². The molecule has 0 saturated heterocycles. The van der Waals surface area contributed by atoms with E-state index in [1.807, 2.05) is 32.0 Å². The highest BCUT2D eigenvalue weighted by atomic mass is 16.5. The van der Waals surface area contributed by atoms with Crippen molar-refractivity contribution in [2.24, 2.45) is 0 Å². The highest BCUT2D eigenvalue weighted by molar-refractivity contribution is 6.06. The van der Waals surface area contributed by atoms with E-state index in [0.29, 0.717) is 17.8 Å². The zero-order valence-electron chi connectivity index (χ0n) is 15.7. The lowest BCUT2D eigenvalue weighted by molar-refractivity contribution is -0.117. The number of aromatic nitrogens is 3. The fourth-order valence-electron chi connectivity index (χ4n) is 3.19. The van der Waals surface area contributed by atoms with E-state index < -0.39 is 0 Å². The molecule has 2 aromatic heterocycles. The Balaban J connectivity index is 1.57. The number of hydrogen-bond donors (Lipinski definition) is 2. The maximum Gasteiger partial charge on any atom is 0.291 e. The number of aryl methyl sites for hydroxylation is 1. The first-order valence-electron chi connectivity index (χ1n) is 9.06. The molecule has 0 bridgehead atoms. The van der Waals surface area contributed by atoms with Gasteiger partial charge < -0.3 is 15.0 Å². The first-order valence-corrected chi connectivity index (χ1v) is 9.06. The highest BCUT2D eigenvalue weighted by Crippen LogP contribution is 2.23. The maximum absolute atomic E-state index is 12.8. The van der Waals surface area contributed by atoms with Crippen LogP contribution >= 0.6 is 0 Å². The molecular weight excluding hydrogens is 356 g/mol. The minimum absolute atomic E-state index is 0.170. The largest absolute Gasteiger partial charge is 0.494 e. The van der Waals surface area contributed by atoms with Crippen LogP contribution in [0.15, 0.2) is 53.5 Å². The minimum Gasteiger partial charge on any atom is -0.494 e. The third-order valence-electron chi connectivity index (χ3n) is 4.51. The quantitative estimate of drug-likeness (QED) is 0.560. The Morgan fingerprint density at radius 1 is 1.18 bits per heavy atom. The van der Waals surface area contributed by atoms with Crippen molar-refractivity contribution in [2.45, 2.75) is 20.4 Å². The number of hydrogen-bond acceptors (Lipinski definition) is 4. The number of anilines is 1. The van der Waals surface area contributed by atoms with Crippen molar-refractivity contribution in [3.63, 3.8) is 0 Å². The molecule has 4 rings (SSSR count). The predicted octanol–water partition coefficient (Wildman–Crippen LogP) is 3.22. The van der Waals surface area contributed by atoms with Crippen LogP contribution in [0.2, 0.25) is 0 Å². The van der Waals surface area contributed by atoms with E-state index in [9.17, 15) is 9.59 Å². The molecule has 4 aromatic rings. The smallest absolute Gasteiger partial charge is 0.291 e. The van der Waals surface area contributed by atoms with Crippen LogP contribution in [0, 0.1) is 6.92 Å². The standard InChI is InChI=1S/C21H20N4O3/c1-3-28-15-7-5-14(6-8-15)23-19(26)12-25-21(27)20-17(11-22-25)16-10-13(2)4-9-18(16)24-20/h4-11,24H,3,12H2,1-2H3,(H,23,26). The topological polar surface area (TPSA) is 89.0 Å². The van der Waals surface area contributed by atoms with Gasteiger partial charge in [0.05, 0.1) is 12.8 Å². The normalized spacial score (nSPS) is 11.1. The van der Waals surface area contributed by atoms with E-state index in [1.165, 1.54) is 0 Å². The number of nitrogens with one attached hydrogen (secondary N) is 2. The van der Waals surface area contributed by atoms with Gasteiger partial charge in [0, 0.05) is 22.0 Å². The summed E-state index contributed by atoms with van der Waals surface area (Å²) in [6.45, 7) is 4.32. The molecule has 1 amide bonds. The molecule has 0 aliphatic rings. The van der Waals surface area contributed by atoms with Crippen LogP contribution in [0.5, 0.6) is 5.75 Å². The molecular formula is C21H20N4O3. The summed E-state index contributed by atoms with van der Waals surface area (Å²) in [6, 6.07) is 13.0. The number of H-pyrrole nitrogens is 1. The van der Waals surface area contributed by atoms with Gasteiger partial charge in [0.2, 0.25) is 5.91 Å². The molecule has 0 fully saturated rings. The molecule has 28 heavy (non-hydrogen) atoms. The van der Waals surface area contributed by atoms with Gasteiger partial charge in [-0.1, -0.05) is 11.6 Å². The van der Waals surface area contributed by atoms with Gasteiger partial charge >= 0.3 is 0 Å². The molecule has 0 aliphatic carbocycles. The molecule has 0 atom stereocenters. The van der Waals surface area contributed by atoms with Crippen molar-refractivity contribution in [3.8, 4) is 5.75 Å². The van der Waals surface area contributed by atoms with Crippen molar-refractivity contribution in [3.05, 3.63) is 64.6 Å². The average molecular weight is 376 g/mol. The third kappa shape index (κ3) is 3.34. The van der Waals surface area contributed by atoms with E-state index in [-0.39, 0.29) is 18.0 Å². The van der Waals surface area contributed by atoms with Gasteiger partial charge in [0.1, 0.15) is 17.8 Å². The Kier molecular flexibility index (Phi) is 4.57. The number of carbonyl (C=O) groups excluding carboxylic acids is 1. The van der Waals surface area contributed by atoms with Crippen LogP contribution in [0.4, 0.5) is 5.69 Å². The SMILES string of the molecule is CCOc1ccc(NC(=O)Cn2ncc3c([nH]c4ccc(C)cc43)c2=O)cc1. The van der Waals surface area contributed by atoms with Crippen LogP contribution in [-0.4, -0.2) is 27.3 Å². The molecule has 0 spiro atoms. The van der Waals surface area contributed by atoms with E-state index in [0.717, 1.165) is 32.3 Å². The van der Waals surface area contributed by atoms with Crippen LogP contribution in [-0.2, 0) is 11.3 Å². The summed E-state index contributed by atoms with van der Waals surface area (Å²) in [5.41, 5.74) is 2.73. The highest BCUT2D eigenvalue weighted by Gasteiger charge is 2.13. The van der Waals surface area contributed by atoms with Crippen LogP contribution in [0.1, 0.15) is 12.5 Å². The first kappa shape index (κ1) is 17.8. The molecule has 2 N–H and O–H groups in total. The van der Waals surface area contributed by atoms with E-state index in [4.69, 9.17) is 4.74 Å². The van der Waals surface area contributed by atoms with Gasteiger partial charge in [0.25, 0.3) is 5.56 Å². The molecule has 2 heterocycles. The maximum atomic E-state index is 12.8. The Labute approximate surface area is 160 Å². The summed E-state index contributed by atoms with van der Waals surface area (Å²) >= 11 is 0. The Morgan fingerprint density at radius 2 is 1.96 bits per heavy atom. The Morgan fingerprint density at radius 3 is 2.71 bits per heavy atom. The lowest BCUT2D eigenvalue weighted by Crippen LogP contribution is -2.29. The van der Waals surface area contributed by atoms with Crippen LogP contribution in [0.3, 0.4) is 0 Å². The fraction of sp³-hybridized carbons (Fsp3) is 0.190. The second-order valence-corrected chi connectivity index (χ2v) is 6.58. The number of ether oxygens (including phenoxy) is 1. The third-order valence-corrected chi connectivity index (χ3v) is 4.51. The van der Waals surface area contributed by atoms with Gasteiger partial charge in [-0.15, -0.1) is 0 Å². The molecule has 0 saturated carbocycles. The summed E-state index contributed by atoms with van der Waals surface area (Å²) in [6.07, 6.45) is 1.62. The van der Waals surface area contributed by atoms with E-state index in [2.05, 4.69) is 15.4 Å². The number of aromatic amines is 1. The number of nitrogens with zero attached hydrogens (tertiary/aromatic N) is 2. The molecule has 0 unspecified atom stereocenters. The summed E-state index contributed by atoms with van der Waals surface area (Å²) in [5, 5.41) is 8.65. The van der Waals surface area contributed by atoms with Crippen molar-refractivity contribution in [2.75, 3.05) is 11.9 Å². The van der Waals surface area contributed by atoms with Crippen molar-refractivity contribution >= 4 is 33.4 Å². The molecule has 7 nitrogen and oxygen atoms in total. The fourth-order valence-corrected chi connectivity index (χ4v) is 3.19. The lowest BCUT2D eigenvalue weighted by Gasteiger charge is -2.08. The minimum atomic E-state index is -0.329. The van der Waals surface area contributed by atoms with Gasteiger partial charge in [-0.3, -0.25) is 9.59 Å². The zero-order chi connectivity index (χ0) is 19.7. The number of amides is 1. The summed E-state index contributed by atoms with van der Waals surface area (Å²) < 4.78 is 6.54. The van der Waals surface area contributed by atoms with Gasteiger partial charge in [0.15, 0.2) is 0 Å². The second-order valence-electron chi connectivity index (χ2n) is 6.58. The molecule has 0 radical (unpaired) electrons. The molecule has 7 heteroatoms. The monoisotopic (exact) mass is 376 g/mol. The number of rotatable bonds is 5. The van der Waals surface area contributed by atoms with Crippen LogP contribution < -0.4 is 15.6 Å². The zero-order valence-corrected chi connectivity index (χ0v) is 15.7. The number of carbonyl (C=O) groups is 1. The van der Waals surface area contributed by atoms with Crippen molar-refractivity contribution in [1.29, 1.82) is 0 Å². The van der Waals surface area contributed by atoms with Gasteiger partial charge in [-0.2, -0.15) is 5.10 Å². The van der Waals surface area contributed by atoms with Gasteiger partial charge in [-0.05, 0) is 50.2 Å². The first-order chi connectivity index (χ1) is 13.5. The summed E-state index contributed by atoms with van der Waals surface area (Å²) in [4.78, 5) is 28.2.